The van der Waals surface area contributed by atoms with Gasteiger partial charge in [-0.25, -0.2) is 8.78 Å². The lowest BCUT2D eigenvalue weighted by Crippen LogP contribution is -2.29. The SMILES string of the molecule is O=C(Cc1ccc(F)c(F)c1)N1CCCC1. The summed E-state index contributed by atoms with van der Waals surface area (Å²) in [7, 11) is 0. The predicted octanol–water partition coefficient (Wildman–Crippen LogP) is 2.13. The summed E-state index contributed by atoms with van der Waals surface area (Å²) in [5, 5.41) is 0. The summed E-state index contributed by atoms with van der Waals surface area (Å²) in [5.74, 6) is -1.78. The fourth-order valence-electron chi connectivity index (χ4n) is 1.90. The lowest BCUT2D eigenvalue weighted by Gasteiger charge is -2.14. The van der Waals surface area contributed by atoms with Gasteiger partial charge in [-0.2, -0.15) is 0 Å². The van der Waals surface area contributed by atoms with E-state index in [0.29, 0.717) is 5.56 Å². The van der Waals surface area contributed by atoms with Crippen molar-refractivity contribution < 1.29 is 13.6 Å². The van der Waals surface area contributed by atoms with E-state index in [4.69, 9.17) is 0 Å². The number of nitrogens with zero attached hydrogens (tertiary/aromatic N) is 1. The minimum atomic E-state index is -0.897. The van der Waals surface area contributed by atoms with Gasteiger partial charge in [0, 0.05) is 13.1 Å². The summed E-state index contributed by atoms with van der Waals surface area (Å²) in [6.45, 7) is 1.56. The maximum absolute atomic E-state index is 12.9. The van der Waals surface area contributed by atoms with E-state index in [9.17, 15) is 13.6 Å². The smallest absolute Gasteiger partial charge is 0.226 e. The summed E-state index contributed by atoms with van der Waals surface area (Å²) in [4.78, 5) is 13.5. The van der Waals surface area contributed by atoms with Gasteiger partial charge in [0.05, 0.1) is 6.42 Å². The van der Waals surface area contributed by atoms with Crippen molar-refractivity contribution in [3.63, 3.8) is 0 Å². The second-order valence-electron chi connectivity index (χ2n) is 4.01. The van der Waals surface area contributed by atoms with E-state index in [2.05, 4.69) is 0 Å². The summed E-state index contributed by atoms with van der Waals surface area (Å²) in [5.41, 5.74) is 0.524. The Morgan fingerprint density at radius 3 is 2.50 bits per heavy atom. The van der Waals surface area contributed by atoms with Gasteiger partial charge in [-0.05, 0) is 30.5 Å². The average molecular weight is 225 g/mol. The molecule has 0 bridgehead atoms. The van der Waals surface area contributed by atoms with Crippen LogP contribution in [-0.4, -0.2) is 23.9 Å². The lowest BCUT2D eigenvalue weighted by atomic mass is 10.1. The van der Waals surface area contributed by atoms with Crippen molar-refractivity contribution in [3.8, 4) is 0 Å². The molecule has 1 aromatic carbocycles. The van der Waals surface area contributed by atoms with Crippen LogP contribution in [0.1, 0.15) is 18.4 Å². The van der Waals surface area contributed by atoms with E-state index in [0.717, 1.165) is 38.1 Å². The molecule has 1 saturated heterocycles. The highest BCUT2D eigenvalue weighted by Gasteiger charge is 2.18. The first kappa shape index (κ1) is 11.0. The van der Waals surface area contributed by atoms with Gasteiger partial charge in [0.15, 0.2) is 11.6 Å². The van der Waals surface area contributed by atoms with Gasteiger partial charge in [-0.3, -0.25) is 4.79 Å². The zero-order valence-electron chi connectivity index (χ0n) is 8.88. The van der Waals surface area contributed by atoms with Crippen LogP contribution in [0.15, 0.2) is 18.2 Å². The Hall–Kier alpha value is -1.45. The van der Waals surface area contributed by atoms with Crippen LogP contribution in [0.4, 0.5) is 8.78 Å². The van der Waals surface area contributed by atoms with Gasteiger partial charge in [0.2, 0.25) is 5.91 Å². The second kappa shape index (κ2) is 4.60. The molecule has 0 unspecified atom stereocenters. The highest BCUT2D eigenvalue weighted by Crippen LogP contribution is 2.13. The topological polar surface area (TPSA) is 20.3 Å². The Balaban J connectivity index is 2.02. The third-order valence-corrected chi connectivity index (χ3v) is 2.80. The van der Waals surface area contributed by atoms with Gasteiger partial charge in [-0.1, -0.05) is 6.07 Å². The zero-order valence-corrected chi connectivity index (χ0v) is 8.88. The summed E-state index contributed by atoms with van der Waals surface area (Å²) in [6, 6.07) is 3.59. The maximum atomic E-state index is 12.9. The van der Waals surface area contributed by atoms with Crippen molar-refractivity contribution in [1.82, 2.24) is 4.90 Å². The Bertz CT molecular complexity index is 400. The quantitative estimate of drug-likeness (QED) is 0.755. The molecule has 16 heavy (non-hydrogen) atoms. The van der Waals surface area contributed by atoms with Crippen LogP contribution >= 0.6 is 0 Å². The number of amides is 1. The number of carbonyl (C=O) groups is 1. The number of benzene rings is 1. The molecule has 1 heterocycles. The van der Waals surface area contributed by atoms with E-state index in [1.807, 2.05) is 0 Å². The molecule has 0 spiro atoms. The standard InChI is InChI=1S/C12H13F2NO/c13-10-4-3-9(7-11(10)14)8-12(16)15-5-1-2-6-15/h3-4,7H,1-2,5-6,8H2. The normalized spacial score (nSPS) is 15.5. The first-order chi connectivity index (χ1) is 7.66. The van der Waals surface area contributed by atoms with Crippen molar-refractivity contribution in [2.24, 2.45) is 0 Å². The third kappa shape index (κ3) is 2.38. The number of likely N-dealkylation sites (tertiary alicyclic amines) is 1. The van der Waals surface area contributed by atoms with E-state index < -0.39 is 11.6 Å². The zero-order chi connectivity index (χ0) is 11.5. The van der Waals surface area contributed by atoms with Crippen molar-refractivity contribution in [2.45, 2.75) is 19.3 Å². The Kier molecular flexibility index (Phi) is 3.17. The minimum absolute atomic E-state index is 0.0106. The van der Waals surface area contributed by atoms with Crippen molar-refractivity contribution >= 4 is 5.91 Å². The average Bonchev–Trinajstić information content (AvgIpc) is 2.77. The first-order valence-electron chi connectivity index (χ1n) is 5.38. The molecule has 0 aromatic heterocycles. The molecule has 1 fully saturated rings. The Labute approximate surface area is 92.9 Å². The van der Waals surface area contributed by atoms with Crippen molar-refractivity contribution in [2.75, 3.05) is 13.1 Å². The fourth-order valence-corrected chi connectivity index (χ4v) is 1.90. The summed E-state index contributed by atoms with van der Waals surface area (Å²) in [6.07, 6.45) is 2.21. The predicted molar refractivity (Wildman–Crippen MR) is 55.9 cm³/mol. The van der Waals surface area contributed by atoms with Crippen LogP contribution in [-0.2, 0) is 11.2 Å². The highest BCUT2D eigenvalue weighted by atomic mass is 19.2. The molecule has 1 amide bonds. The van der Waals surface area contributed by atoms with Gasteiger partial charge in [0.25, 0.3) is 0 Å². The van der Waals surface area contributed by atoms with Crippen LogP contribution in [0.3, 0.4) is 0 Å². The molecule has 1 aromatic rings. The van der Waals surface area contributed by atoms with Gasteiger partial charge >= 0.3 is 0 Å². The number of hydrogen-bond acceptors (Lipinski definition) is 1. The molecule has 4 heteroatoms. The molecule has 1 aliphatic heterocycles. The number of hydrogen-bond donors (Lipinski definition) is 0. The van der Waals surface area contributed by atoms with Gasteiger partial charge in [0.1, 0.15) is 0 Å². The van der Waals surface area contributed by atoms with E-state index in [1.54, 1.807) is 4.90 Å². The molecule has 0 atom stereocenters. The van der Waals surface area contributed by atoms with Gasteiger partial charge in [-0.15, -0.1) is 0 Å². The molecule has 0 saturated carbocycles. The first-order valence-corrected chi connectivity index (χ1v) is 5.38. The van der Waals surface area contributed by atoms with E-state index in [-0.39, 0.29) is 12.3 Å². The van der Waals surface area contributed by atoms with Crippen LogP contribution < -0.4 is 0 Å². The second-order valence-corrected chi connectivity index (χ2v) is 4.01. The highest BCUT2D eigenvalue weighted by molar-refractivity contribution is 5.78. The maximum Gasteiger partial charge on any atom is 0.226 e. The van der Waals surface area contributed by atoms with Crippen molar-refractivity contribution in [1.29, 1.82) is 0 Å². The summed E-state index contributed by atoms with van der Waals surface area (Å²) < 4.78 is 25.6. The lowest BCUT2D eigenvalue weighted by molar-refractivity contribution is -0.129. The molecule has 0 radical (unpaired) electrons. The fraction of sp³-hybridized carbons (Fsp3) is 0.417. The van der Waals surface area contributed by atoms with Crippen molar-refractivity contribution in [3.05, 3.63) is 35.4 Å². The summed E-state index contributed by atoms with van der Waals surface area (Å²) >= 11 is 0. The largest absolute Gasteiger partial charge is 0.342 e. The van der Waals surface area contributed by atoms with Crippen LogP contribution in [0.25, 0.3) is 0 Å². The number of rotatable bonds is 2. The number of carbonyl (C=O) groups excluding carboxylic acids is 1. The van der Waals surface area contributed by atoms with Crippen LogP contribution in [0.5, 0.6) is 0 Å². The van der Waals surface area contributed by atoms with Gasteiger partial charge < -0.3 is 4.90 Å². The Morgan fingerprint density at radius 2 is 1.88 bits per heavy atom. The molecule has 0 N–H and O–H groups in total. The molecular formula is C12H13F2NO. The Morgan fingerprint density at radius 1 is 1.19 bits per heavy atom. The van der Waals surface area contributed by atoms with E-state index >= 15 is 0 Å². The molecular weight excluding hydrogens is 212 g/mol. The molecule has 0 aliphatic carbocycles. The minimum Gasteiger partial charge on any atom is -0.342 e. The molecule has 86 valence electrons. The molecule has 1 aliphatic rings. The molecule has 2 rings (SSSR count). The monoisotopic (exact) mass is 225 g/mol. The van der Waals surface area contributed by atoms with E-state index in [1.165, 1.54) is 6.07 Å². The number of halogens is 2. The molecule has 2 nitrogen and oxygen atoms in total. The third-order valence-electron chi connectivity index (χ3n) is 2.80. The van der Waals surface area contributed by atoms with Crippen LogP contribution in [0, 0.1) is 11.6 Å². The van der Waals surface area contributed by atoms with Crippen LogP contribution in [0.2, 0.25) is 0 Å².